The summed E-state index contributed by atoms with van der Waals surface area (Å²) in [5.41, 5.74) is 3.64. The van der Waals surface area contributed by atoms with E-state index in [2.05, 4.69) is 20.4 Å². The number of carbonyl (C=O) groups is 2. The number of fused-ring (bicyclic) bond motifs is 1. The van der Waals surface area contributed by atoms with Crippen LogP contribution in [-0.2, 0) is 16.1 Å². The van der Waals surface area contributed by atoms with Gasteiger partial charge in [0.25, 0.3) is 0 Å². The molecule has 3 aromatic rings. The quantitative estimate of drug-likeness (QED) is 0.295. The van der Waals surface area contributed by atoms with Crippen molar-refractivity contribution in [1.82, 2.24) is 25.1 Å². The molecule has 4 rings (SSSR count). The SMILES string of the molecule is C/C=C\C(=C/NC=O)c1ccc2nc(N3CCN(CC(=O)N(C)C)CC3)nc(NCc3cccc(Cl)c3)c2c1. The number of benzene rings is 2. The van der Waals surface area contributed by atoms with Crippen LogP contribution in [0.1, 0.15) is 18.1 Å². The van der Waals surface area contributed by atoms with Crippen molar-refractivity contribution >= 4 is 52.2 Å². The Hall–Kier alpha value is -3.95. The molecule has 2 heterocycles. The van der Waals surface area contributed by atoms with Gasteiger partial charge in [-0.25, -0.2) is 4.98 Å². The number of halogens is 1. The lowest BCUT2D eigenvalue weighted by molar-refractivity contribution is -0.130. The van der Waals surface area contributed by atoms with Crippen LogP contribution in [0, 0.1) is 0 Å². The summed E-state index contributed by atoms with van der Waals surface area (Å²) >= 11 is 6.20. The van der Waals surface area contributed by atoms with Crippen LogP contribution >= 0.6 is 11.6 Å². The van der Waals surface area contributed by atoms with Crippen molar-refractivity contribution in [2.75, 3.05) is 57.0 Å². The molecule has 2 amide bonds. The van der Waals surface area contributed by atoms with Gasteiger partial charge in [0.05, 0.1) is 12.1 Å². The van der Waals surface area contributed by atoms with Crippen molar-refractivity contribution < 1.29 is 9.59 Å². The van der Waals surface area contributed by atoms with Crippen LogP contribution in [0.25, 0.3) is 16.5 Å². The third-order valence-electron chi connectivity index (χ3n) is 6.53. The number of amides is 2. The number of rotatable bonds is 10. The van der Waals surface area contributed by atoms with Crippen molar-refractivity contribution in [2.45, 2.75) is 13.5 Å². The van der Waals surface area contributed by atoms with Crippen LogP contribution in [0.2, 0.25) is 5.02 Å². The topological polar surface area (TPSA) is 93.7 Å². The molecule has 1 saturated heterocycles. The van der Waals surface area contributed by atoms with Gasteiger partial charge in [-0.3, -0.25) is 14.5 Å². The highest BCUT2D eigenvalue weighted by atomic mass is 35.5. The number of allylic oxidation sites excluding steroid dienone is 3. The fourth-order valence-electron chi connectivity index (χ4n) is 4.37. The molecule has 2 aromatic carbocycles. The summed E-state index contributed by atoms with van der Waals surface area (Å²) < 4.78 is 0. The fraction of sp³-hybridized carbons (Fsp3) is 0.310. The van der Waals surface area contributed by atoms with Crippen molar-refractivity contribution in [1.29, 1.82) is 0 Å². The van der Waals surface area contributed by atoms with E-state index in [1.165, 1.54) is 0 Å². The number of likely N-dealkylation sites (N-methyl/N-ethyl adjacent to an activating group) is 1. The Morgan fingerprint density at radius 1 is 1.10 bits per heavy atom. The van der Waals surface area contributed by atoms with Crippen molar-refractivity contribution in [2.24, 2.45) is 0 Å². The standard InChI is InChI=1S/C29H34ClN7O2/c1-4-6-23(18-31-20-38)22-9-10-26-25(16-22)28(32-17-21-7-5-8-24(30)15-21)34-29(33-26)37-13-11-36(12-14-37)19-27(39)35(2)3/h4-10,15-16,18,20H,11-14,17,19H2,1-3H3,(H,31,38)(H,32,33,34)/b6-4-,23-18+. The molecule has 1 aromatic heterocycles. The maximum atomic E-state index is 12.1. The summed E-state index contributed by atoms with van der Waals surface area (Å²) in [5, 5.41) is 7.68. The number of aromatic nitrogens is 2. The molecule has 1 aliphatic rings. The van der Waals surface area contributed by atoms with E-state index in [1.807, 2.05) is 61.5 Å². The van der Waals surface area contributed by atoms with E-state index in [1.54, 1.807) is 25.2 Å². The molecule has 10 heteroatoms. The summed E-state index contributed by atoms with van der Waals surface area (Å²) in [5.74, 6) is 1.46. The average Bonchev–Trinajstić information content (AvgIpc) is 2.94. The van der Waals surface area contributed by atoms with Crippen molar-refractivity contribution in [3.05, 3.63) is 77.0 Å². The largest absolute Gasteiger partial charge is 0.365 e. The van der Waals surface area contributed by atoms with Crippen molar-refractivity contribution in [3.63, 3.8) is 0 Å². The highest BCUT2D eigenvalue weighted by Gasteiger charge is 2.22. The van der Waals surface area contributed by atoms with Crippen molar-refractivity contribution in [3.8, 4) is 0 Å². The molecule has 0 saturated carbocycles. The van der Waals surface area contributed by atoms with Gasteiger partial charge in [0.15, 0.2) is 0 Å². The maximum Gasteiger partial charge on any atom is 0.236 e. The van der Waals surface area contributed by atoms with Gasteiger partial charge >= 0.3 is 0 Å². The average molecular weight is 548 g/mol. The fourth-order valence-corrected chi connectivity index (χ4v) is 4.59. The predicted octanol–water partition coefficient (Wildman–Crippen LogP) is 3.77. The number of hydrogen-bond donors (Lipinski definition) is 2. The molecule has 0 aliphatic carbocycles. The first kappa shape index (κ1) is 28.1. The summed E-state index contributed by atoms with van der Waals surface area (Å²) in [7, 11) is 3.56. The molecule has 1 fully saturated rings. The van der Waals surface area contributed by atoms with Crippen LogP contribution < -0.4 is 15.5 Å². The van der Waals surface area contributed by atoms with Gasteiger partial charge in [0, 0.05) is 63.4 Å². The highest BCUT2D eigenvalue weighted by Crippen LogP contribution is 2.29. The maximum absolute atomic E-state index is 12.1. The number of nitrogens with zero attached hydrogens (tertiary/aromatic N) is 5. The van der Waals surface area contributed by atoms with Gasteiger partial charge in [-0.1, -0.05) is 42.0 Å². The van der Waals surface area contributed by atoms with Gasteiger partial charge in [-0.05, 0) is 47.9 Å². The summed E-state index contributed by atoms with van der Waals surface area (Å²) in [6, 6.07) is 13.7. The van der Waals surface area contributed by atoms with Gasteiger partial charge in [-0.15, -0.1) is 0 Å². The van der Waals surface area contributed by atoms with Crippen LogP contribution in [0.3, 0.4) is 0 Å². The third kappa shape index (κ3) is 7.34. The number of hydrogen-bond acceptors (Lipinski definition) is 7. The molecule has 2 N–H and O–H groups in total. The van der Waals surface area contributed by atoms with E-state index in [0.717, 1.165) is 53.8 Å². The Kier molecular flexibility index (Phi) is 9.51. The van der Waals surface area contributed by atoms with E-state index in [9.17, 15) is 9.59 Å². The lowest BCUT2D eigenvalue weighted by atomic mass is 10.0. The van der Waals surface area contributed by atoms with Crippen LogP contribution in [0.15, 0.2) is 60.8 Å². The van der Waals surface area contributed by atoms with E-state index in [4.69, 9.17) is 21.6 Å². The highest BCUT2D eigenvalue weighted by molar-refractivity contribution is 6.30. The lowest BCUT2D eigenvalue weighted by Gasteiger charge is -2.35. The minimum Gasteiger partial charge on any atom is -0.365 e. The van der Waals surface area contributed by atoms with E-state index < -0.39 is 0 Å². The molecular weight excluding hydrogens is 514 g/mol. The van der Waals surface area contributed by atoms with E-state index in [0.29, 0.717) is 36.3 Å². The second kappa shape index (κ2) is 13.2. The van der Waals surface area contributed by atoms with Crippen LogP contribution in [-0.4, -0.2) is 78.9 Å². The molecule has 204 valence electrons. The zero-order valence-electron chi connectivity index (χ0n) is 22.5. The molecule has 0 bridgehead atoms. The third-order valence-corrected chi connectivity index (χ3v) is 6.77. The molecule has 0 atom stereocenters. The zero-order valence-corrected chi connectivity index (χ0v) is 23.3. The molecular formula is C29H34ClN7O2. The Balaban J connectivity index is 1.65. The monoisotopic (exact) mass is 547 g/mol. The molecule has 9 nitrogen and oxygen atoms in total. The summed E-state index contributed by atoms with van der Waals surface area (Å²) in [6.07, 6.45) is 6.18. The second-order valence-corrected chi connectivity index (χ2v) is 9.96. The minimum atomic E-state index is 0.100. The molecule has 0 spiro atoms. The molecule has 0 radical (unpaired) electrons. The minimum absolute atomic E-state index is 0.100. The Morgan fingerprint density at radius 3 is 2.59 bits per heavy atom. The number of anilines is 2. The Morgan fingerprint density at radius 2 is 1.90 bits per heavy atom. The first-order valence-corrected chi connectivity index (χ1v) is 13.3. The van der Waals surface area contributed by atoms with Gasteiger partial charge in [-0.2, -0.15) is 4.98 Å². The smallest absolute Gasteiger partial charge is 0.236 e. The summed E-state index contributed by atoms with van der Waals surface area (Å²) in [4.78, 5) is 38.8. The van der Waals surface area contributed by atoms with E-state index >= 15 is 0 Å². The van der Waals surface area contributed by atoms with Crippen LogP contribution in [0.5, 0.6) is 0 Å². The number of nitrogens with one attached hydrogen (secondary N) is 2. The Labute approximate surface area is 234 Å². The molecule has 1 aliphatic heterocycles. The first-order valence-electron chi connectivity index (χ1n) is 12.9. The zero-order chi connectivity index (χ0) is 27.8. The van der Waals surface area contributed by atoms with Gasteiger partial charge in [0.1, 0.15) is 5.82 Å². The van der Waals surface area contributed by atoms with Gasteiger partial charge < -0.3 is 20.4 Å². The molecule has 0 unspecified atom stereocenters. The predicted molar refractivity (Wildman–Crippen MR) is 158 cm³/mol. The number of carbonyl (C=O) groups excluding carboxylic acids is 2. The first-order chi connectivity index (χ1) is 18.9. The van der Waals surface area contributed by atoms with Gasteiger partial charge in [0.2, 0.25) is 18.3 Å². The number of piperazine rings is 1. The van der Waals surface area contributed by atoms with E-state index in [-0.39, 0.29) is 5.91 Å². The second-order valence-electron chi connectivity index (χ2n) is 9.52. The molecule has 39 heavy (non-hydrogen) atoms. The Bertz CT molecular complexity index is 1380. The lowest BCUT2D eigenvalue weighted by Crippen LogP contribution is -2.49. The van der Waals surface area contributed by atoms with Crippen LogP contribution in [0.4, 0.5) is 11.8 Å². The summed E-state index contributed by atoms with van der Waals surface area (Å²) in [6.45, 7) is 5.85. The normalized spacial score (nSPS) is 14.6.